The molecule has 2 aromatic carbocycles. The van der Waals surface area contributed by atoms with Crippen molar-refractivity contribution in [3.8, 4) is 0 Å². The molecular formula is C20H23NOS. The van der Waals surface area contributed by atoms with Gasteiger partial charge in [0.05, 0.1) is 11.3 Å². The maximum atomic E-state index is 12.3. The average molecular weight is 325 g/mol. The molecule has 23 heavy (non-hydrogen) atoms. The van der Waals surface area contributed by atoms with Crippen molar-refractivity contribution in [2.45, 2.75) is 37.5 Å². The van der Waals surface area contributed by atoms with Gasteiger partial charge in [-0.1, -0.05) is 60.2 Å². The van der Waals surface area contributed by atoms with Crippen LogP contribution in [-0.4, -0.2) is 11.7 Å². The van der Waals surface area contributed by atoms with E-state index in [9.17, 15) is 4.79 Å². The summed E-state index contributed by atoms with van der Waals surface area (Å²) in [6.45, 7) is 2.10. The van der Waals surface area contributed by atoms with E-state index >= 15 is 0 Å². The van der Waals surface area contributed by atoms with Crippen molar-refractivity contribution in [1.29, 1.82) is 0 Å². The average Bonchev–Trinajstić information content (AvgIpc) is 2.52. The van der Waals surface area contributed by atoms with Crippen LogP contribution in [0.25, 0.3) is 0 Å². The van der Waals surface area contributed by atoms with Crippen LogP contribution in [0.4, 0.5) is 0 Å². The number of hydrogen-bond acceptors (Lipinski definition) is 2. The summed E-state index contributed by atoms with van der Waals surface area (Å²) in [5.41, 5.74) is 3.67. The van der Waals surface area contributed by atoms with Gasteiger partial charge in [0.2, 0.25) is 5.91 Å². The van der Waals surface area contributed by atoms with E-state index in [2.05, 4.69) is 48.6 Å². The van der Waals surface area contributed by atoms with E-state index in [0.29, 0.717) is 5.75 Å². The molecule has 2 nitrogen and oxygen atoms in total. The Morgan fingerprint density at radius 1 is 1.13 bits per heavy atom. The minimum atomic E-state index is -0.123. The third kappa shape index (κ3) is 3.97. The number of nitrogens with one attached hydrogen (secondary N) is 1. The normalized spacial score (nSPS) is 15.7. The van der Waals surface area contributed by atoms with Crippen LogP contribution in [0.2, 0.25) is 0 Å². The molecule has 0 heterocycles. The number of carbonyl (C=O) groups is 1. The first-order valence-corrected chi connectivity index (χ1v) is 9.33. The van der Waals surface area contributed by atoms with Crippen LogP contribution in [-0.2, 0) is 16.1 Å². The topological polar surface area (TPSA) is 29.1 Å². The van der Waals surface area contributed by atoms with E-state index in [1.807, 2.05) is 18.2 Å². The van der Waals surface area contributed by atoms with E-state index < -0.39 is 0 Å². The zero-order valence-electron chi connectivity index (χ0n) is 13.5. The van der Waals surface area contributed by atoms with Gasteiger partial charge in [-0.25, -0.2) is 0 Å². The zero-order chi connectivity index (χ0) is 16.1. The van der Waals surface area contributed by atoms with E-state index in [1.54, 1.807) is 11.8 Å². The van der Waals surface area contributed by atoms with Gasteiger partial charge in [0.25, 0.3) is 0 Å². The summed E-state index contributed by atoms with van der Waals surface area (Å²) in [6, 6.07) is 18.8. The van der Waals surface area contributed by atoms with Gasteiger partial charge < -0.3 is 5.32 Å². The molecule has 0 aromatic heterocycles. The number of rotatable bonds is 6. The van der Waals surface area contributed by atoms with E-state index in [-0.39, 0.29) is 11.4 Å². The van der Waals surface area contributed by atoms with Crippen LogP contribution >= 0.6 is 11.8 Å². The number of carbonyl (C=O) groups excluding carboxylic acids is 1. The molecular weight excluding hydrogens is 302 g/mol. The Balaban J connectivity index is 1.53. The monoisotopic (exact) mass is 325 g/mol. The molecule has 120 valence electrons. The number of benzene rings is 2. The summed E-state index contributed by atoms with van der Waals surface area (Å²) in [6.07, 6.45) is 3.28. The van der Waals surface area contributed by atoms with Crippen LogP contribution in [0.1, 0.15) is 36.0 Å². The van der Waals surface area contributed by atoms with E-state index in [1.165, 1.54) is 23.1 Å². The predicted molar refractivity (Wildman–Crippen MR) is 97.5 cm³/mol. The Bertz CT molecular complexity index is 664. The van der Waals surface area contributed by atoms with Gasteiger partial charge in [0.15, 0.2) is 0 Å². The Morgan fingerprint density at radius 2 is 1.91 bits per heavy atom. The van der Waals surface area contributed by atoms with Crippen molar-refractivity contribution in [2.75, 3.05) is 5.75 Å². The van der Waals surface area contributed by atoms with Gasteiger partial charge in [-0.15, -0.1) is 11.8 Å². The SMILES string of the molecule is Cc1cccc(CSCC(=O)NC2(c3ccccc3)CCC2)c1. The number of thioether (sulfide) groups is 1. The molecule has 0 atom stereocenters. The van der Waals surface area contributed by atoms with Gasteiger partial charge in [0, 0.05) is 5.75 Å². The summed E-state index contributed by atoms with van der Waals surface area (Å²) < 4.78 is 0. The Labute approximate surface area is 142 Å². The van der Waals surface area contributed by atoms with Crippen LogP contribution in [0, 0.1) is 6.92 Å². The highest BCUT2D eigenvalue weighted by atomic mass is 32.2. The molecule has 0 bridgehead atoms. The summed E-state index contributed by atoms with van der Waals surface area (Å²) >= 11 is 1.68. The minimum absolute atomic E-state index is 0.123. The lowest BCUT2D eigenvalue weighted by atomic mass is 9.72. The second kappa shape index (κ2) is 7.22. The molecule has 0 radical (unpaired) electrons. The first kappa shape index (κ1) is 16.1. The highest BCUT2D eigenvalue weighted by Gasteiger charge is 2.39. The van der Waals surface area contributed by atoms with Gasteiger partial charge in [-0.3, -0.25) is 4.79 Å². The second-order valence-corrected chi connectivity index (χ2v) is 7.32. The third-order valence-electron chi connectivity index (χ3n) is 4.50. The molecule has 1 N–H and O–H groups in total. The predicted octanol–water partition coefficient (Wildman–Crippen LogP) is 4.42. The summed E-state index contributed by atoms with van der Waals surface area (Å²) in [4.78, 5) is 12.3. The van der Waals surface area contributed by atoms with Crippen molar-refractivity contribution >= 4 is 17.7 Å². The first-order chi connectivity index (χ1) is 11.2. The lowest BCUT2D eigenvalue weighted by molar-refractivity contribution is -0.121. The molecule has 0 saturated heterocycles. The largest absolute Gasteiger partial charge is 0.346 e. The van der Waals surface area contributed by atoms with Crippen molar-refractivity contribution in [3.63, 3.8) is 0 Å². The highest BCUT2D eigenvalue weighted by molar-refractivity contribution is 7.99. The van der Waals surface area contributed by atoms with Crippen molar-refractivity contribution in [1.82, 2.24) is 5.32 Å². The molecule has 1 saturated carbocycles. The molecule has 1 aliphatic rings. The zero-order valence-corrected chi connectivity index (χ0v) is 14.4. The lowest BCUT2D eigenvalue weighted by Gasteiger charge is -2.43. The van der Waals surface area contributed by atoms with Gasteiger partial charge in [-0.2, -0.15) is 0 Å². The van der Waals surface area contributed by atoms with Gasteiger partial charge in [0.1, 0.15) is 0 Å². The molecule has 2 aromatic rings. The Morgan fingerprint density at radius 3 is 2.57 bits per heavy atom. The maximum absolute atomic E-state index is 12.3. The molecule has 3 heteroatoms. The summed E-state index contributed by atoms with van der Waals surface area (Å²) in [5, 5.41) is 3.28. The Hall–Kier alpha value is -1.74. The van der Waals surface area contributed by atoms with Crippen molar-refractivity contribution < 1.29 is 4.79 Å². The van der Waals surface area contributed by atoms with Crippen LogP contribution in [0.15, 0.2) is 54.6 Å². The maximum Gasteiger partial charge on any atom is 0.230 e. The third-order valence-corrected chi connectivity index (χ3v) is 5.50. The van der Waals surface area contributed by atoms with Crippen LogP contribution in [0.5, 0.6) is 0 Å². The number of aryl methyl sites for hydroxylation is 1. The highest BCUT2D eigenvalue weighted by Crippen LogP contribution is 2.41. The molecule has 1 fully saturated rings. The summed E-state index contributed by atoms with van der Waals surface area (Å²) in [5.74, 6) is 1.54. The van der Waals surface area contributed by atoms with E-state index in [4.69, 9.17) is 0 Å². The summed E-state index contributed by atoms with van der Waals surface area (Å²) in [7, 11) is 0. The fraction of sp³-hybridized carbons (Fsp3) is 0.350. The quantitative estimate of drug-likeness (QED) is 0.851. The molecule has 1 aliphatic carbocycles. The van der Waals surface area contributed by atoms with E-state index in [0.717, 1.165) is 18.6 Å². The molecule has 3 rings (SSSR count). The molecule has 0 aliphatic heterocycles. The molecule has 0 unspecified atom stereocenters. The second-order valence-electron chi connectivity index (χ2n) is 6.33. The lowest BCUT2D eigenvalue weighted by Crippen LogP contribution is -2.51. The standard InChI is InChI=1S/C20H23NOS/c1-16-7-5-8-17(13-16)14-23-15-19(22)21-20(11-6-12-20)18-9-3-2-4-10-18/h2-5,7-10,13H,6,11-12,14-15H2,1H3,(H,21,22). The fourth-order valence-electron chi connectivity index (χ4n) is 3.14. The van der Waals surface area contributed by atoms with Gasteiger partial charge in [-0.05, 0) is 37.3 Å². The number of hydrogen-bond donors (Lipinski definition) is 1. The first-order valence-electron chi connectivity index (χ1n) is 8.18. The minimum Gasteiger partial charge on any atom is -0.346 e. The molecule has 0 spiro atoms. The van der Waals surface area contributed by atoms with Crippen molar-refractivity contribution in [3.05, 3.63) is 71.3 Å². The van der Waals surface area contributed by atoms with Crippen LogP contribution < -0.4 is 5.32 Å². The van der Waals surface area contributed by atoms with Gasteiger partial charge >= 0.3 is 0 Å². The number of amides is 1. The molecule has 1 amide bonds. The van der Waals surface area contributed by atoms with Crippen molar-refractivity contribution in [2.24, 2.45) is 0 Å². The fourth-order valence-corrected chi connectivity index (χ4v) is 3.91. The smallest absolute Gasteiger partial charge is 0.230 e. The van der Waals surface area contributed by atoms with Crippen LogP contribution in [0.3, 0.4) is 0 Å². The Kier molecular flexibility index (Phi) is 5.06.